The van der Waals surface area contributed by atoms with Crippen LogP contribution in [0.2, 0.25) is 5.02 Å². The summed E-state index contributed by atoms with van der Waals surface area (Å²) in [5.74, 6) is 0.985. The monoisotopic (exact) mass is 294 g/mol. The van der Waals surface area contributed by atoms with E-state index in [1.165, 1.54) is 24.5 Å². The fourth-order valence-corrected chi connectivity index (χ4v) is 1.77. The van der Waals surface area contributed by atoms with Crippen molar-refractivity contribution in [2.24, 2.45) is 0 Å². The highest BCUT2D eigenvalue weighted by molar-refractivity contribution is 6.32. The number of aromatic nitrogens is 2. The summed E-state index contributed by atoms with van der Waals surface area (Å²) in [6.07, 6.45) is 1.51. The Kier molecular flexibility index (Phi) is 3.39. The average Bonchev–Trinajstić information content (AvgIpc) is 3.08. The predicted octanol–water partition coefficient (Wildman–Crippen LogP) is 3.70. The highest BCUT2D eigenvalue weighted by atomic mass is 35.5. The van der Waals surface area contributed by atoms with Gasteiger partial charge in [0.25, 0.3) is 5.89 Å². The zero-order chi connectivity index (χ0) is 13.9. The second-order valence-corrected chi connectivity index (χ2v) is 4.26. The van der Waals surface area contributed by atoms with Gasteiger partial charge >= 0.3 is 0 Å². The summed E-state index contributed by atoms with van der Waals surface area (Å²) >= 11 is 5.84. The summed E-state index contributed by atoms with van der Waals surface area (Å²) < 4.78 is 28.4. The third kappa shape index (κ3) is 2.65. The highest BCUT2D eigenvalue weighted by Crippen LogP contribution is 2.25. The molecule has 0 unspecified atom stereocenters. The first-order chi connectivity index (χ1) is 9.72. The molecule has 0 aliphatic heterocycles. The Labute approximate surface area is 117 Å². The first kappa shape index (κ1) is 12.7. The van der Waals surface area contributed by atoms with E-state index in [9.17, 15) is 4.39 Å². The molecule has 0 amide bonds. The minimum atomic E-state index is -0.429. The minimum absolute atomic E-state index is 0.0512. The maximum atomic E-state index is 12.9. The molecule has 5 nitrogen and oxygen atoms in total. The Morgan fingerprint density at radius 2 is 2.20 bits per heavy atom. The summed E-state index contributed by atoms with van der Waals surface area (Å²) in [5, 5.41) is 3.93. The van der Waals surface area contributed by atoms with E-state index in [1.807, 2.05) is 0 Å². The molecule has 1 aromatic carbocycles. The van der Waals surface area contributed by atoms with Crippen LogP contribution in [0.5, 0.6) is 5.75 Å². The van der Waals surface area contributed by atoms with Crippen molar-refractivity contribution >= 4 is 11.6 Å². The largest absolute Gasteiger partial charge is 0.484 e. The average molecular weight is 295 g/mol. The van der Waals surface area contributed by atoms with Crippen molar-refractivity contribution in [2.75, 3.05) is 0 Å². The molecule has 0 saturated carbocycles. The Bertz CT molecular complexity index is 712. The van der Waals surface area contributed by atoms with Crippen LogP contribution in [0.15, 0.2) is 45.5 Å². The van der Waals surface area contributed by atoms with Crippen molar-refractivity contribution < 1.29 is 18.1 Å². The summed E-state index contributed by atoms with van der Waals surface area (Å²) in [6.45, 7) is 0.0512. The van der Waals surface area contributed by atoms with Gasteiger partial charge in [0.05, 0.1) is 11.3 Å². The quantitative estimate of drug-likeness (QED) is 0.734. The van der Waals surface area contributed by atoms with Gasteiger partial charge in [-0.3, -0.25) is 0 Å². The van der Waals surface area contributed by atoms with Crippen molar-refractivity contribution in [2.45, 2.75) is 6.61 Å². The molecule has 0 radical (unpaired) electrons. The Morgan fingerprint density at radius 3 is 2.95 bits per heavy atom. The molecule has 0 aliphatic rings. The molecule has 0 fully saturated rings. The van der Waals surface area contributed by atoms with E-state index in [0.29, 0.717) is 17.3 Å². The van der Waals surface area contributed by atoms with Crippen LogP contribution in [0.4, 0.5) is 4.39 Å². The second kappa shape index (κ2) is 5.34. The zero-order valence-corrected chi connectivity index (χ0v) is 10.8. The number of hydrogen-bond donors (Lipinski definition) is 0. The molecule has 0 bridgehead atoms. The number of halogens is 2. The summed E-state index contributed by atoms with van der Waals surface area (Å²) in [6, 6.07) is 7.28. The Morgan fingerprint density at radius 1 is 1.30 bits per heavy atom. The fourth-order valence-electron chi connectivity index (χ4n) is 1.55. The molecule has 3 aromatic rings. The van der Waals surface area contributed by atoms with E-state index >= 15 is 0 Å². The topological polar surface area (TPSA) is 61.3 Å². The van der Waals surface area contributed by atoms with Gasteiger partial charge in [0, 0.05) is 0 Å². The smallest absolute Gasteiger partial charge is 0.293 e. The van der Waals surface area contributed by atoms with Gasteiger partial charge in [-0.1, -0.05) is 16.8 Å². The van der Waals surface area contributed by atoms with Crippen LogP contribution in [-0.2, 0) is 6.61 Å². The highest BCUT2D eigenvalue weighted by Gasteiger charge is 2.12. The van der Waals surface area contributed by atoms with E-state index in [-0.39, 0.29) is 17.5 Å². The van der Waals surface area contributed by atoms with Crippen molar-refractivity contribution in [1.29, 1.82) is 0 Å². The van der Waals surface area contributed by atoms with Gasteiger partial charge in [-0.15, -0.1) is 0 Å². The van der Waals surface area contributed by atoms with Crippen LogP contribution in [-0.4, -0.2) is 10.1 Å². The number of ether oxygens (including phenoxy) is 1. The SMILES string of the molecule is Fc1ccc(OCc2noc(-c3ccco3)n2)c(Cl)c1. The first-order valence-electron chi connectivity index (χ1n) is 5.67. The molecular weight excluding hydrogens is 287 g/mol. The third-order valence-corrected chi connectivity index (χ3v) is 2.75. The summed E-state index contributed by atoms with van der Waals surface area (Å²) in [5.41, 5.74) is 0. The third-order valence-electron chi connectivity index (χ3n) is 2.45. The molecule has 7 heteroatoms. The van der Waals surface area contributed by atoms with Gasteiger partial charge < -0.3 is 13.7 Å². The van der Waals surface area contributed by atoms with Crippen LogP contribution in [0.1, 0.15) is 5.82 Å². The lowest BCUT2D eigenvalue weighted by Crippen LogP contribution is -1.98. The molecule has 2 aromatic heterocycles. The number of benzene rings is 1. The second-order valence-electron chi connectivity index (χ2n) is 3.86. The van der Waals surface area contributed by atoms with Gasteiger partial charge in [-0.2, -0.15) is 4.98 Å². The summed E-state index contributed by atoms with van der Waals surface area (Å²) in [4.78, 5) is 4.10. The van der Waals surface area contributed by atoms with Crippen molar-refractivity contribution in [3.05, 3.63) is 53.3 Å². The number of furan rings is 1. The van der Waals surface area contributed by atoms with Crippen molar-refractivity contribution in [3.63, 3.8) is 0 Å². The Balaban J connectivity index is 1.70. The van der Waals surface area contributed by atoms with Crippen LogP contribution >= 0.6 is 11.6 Å². The molecule has 0 spiro atoms. The van der Waals surface area contributed by atoms with Crippen LogP contribution < -0.4 is 4.74 Å². The van der Waals surface area contributed by atoms with Gasteiger partial charge in [-0.05, 0) is 30.3 Å². The van der Waals surface area contributed by atoms with Crippen LogP contribution in [0, 0.1) is 5.82 Å². The lowest BCUT2D eigenvalue weighted by Gasteiger charge is -2.04. The molecule has 2 heterocycles. The van der Waals surface area contributed by atoms with E-state index in [2.05, 4.69) is 10.1 Å². The van der Waals surface area contributed by atoms with E-state index in [4.69, 9.17) is 25.3 Å². The first-order valence-corrected chi connectivity index (χ1v) is 6.04. The van der Waals surface area contributed by atoms with Gasteiger partial charge in [0.2, 0.25) is 5.82 Å². The number of rotatable bonds is 4. The van der Waals surface area contributed by atoms with Crippen LogP contribution in [0.25, 0.3) is 11.7 Å². The number of hydrogen-bond acceptors (Lipinski definition) is 5. The van der Waals surface area contributed by atoms with Crippen molar-refractivity contribution in [3.8, 4) is 17.4 Å². The maximum Gasteiger partial charge on any atom is 0.293 e. The fraction of sp³-hybridized carbons (Fsp3) is 0.0769. The van der Waals surface area contributed by atoms with Gasteiger partial charge in [-0.25, -0.2) is 4.39 Å². The van der Waals surface area contributed by atoms with Gasteiger partial charge in [0.1, 0.15) is 11.6 Å². The molecule has 20 heavy (non-hydrogen) atoms. The van der Waals surface area contributed by atoms with E-state index in [1.54, 1.807) is 12.1 Å². The standard InChI is InChI=1S/C13H8ClFN2O3/c14-9-6-8(15)3-4-10(9)19-7-12-16-13(20-17-12)11-2-1-5-18-11/h1-6H,7H2. The molecule has 0 aliphatic carbocycles. The Hall–Kier alpha value is -2.34. The molecule has 0 N–H and O–H groups in total. The normalized spacial score (nSPS) is 10.7. The lowest BCUT2D eigenvalue weighted by atomic mass is 10.3. The predicted molar refractivity (Wildman–Crippen MR) is 67.7 cm³/mol. The maximum absolute atomic E-state index is 12.9. The van der Waals surface area contributed by atoms with E-state index in [0.717, 1.165) is 0 Å². The number of nitrogens with zero attached hydrogens (tertiary/aromatic N) is 2. The lowest BCUT2D eigenvalue weighted by molar-refractivity contribution is 0.286. The van der Waals surface area contributed by atoms with E-state index < -0.39 is 5.82 Å². The molecule has 0 atom stereocenters. The molecule has 0 saturated heterocycles. The van der Waals surface area contributed by atoms with Crippen molar-refractivity contribution in [1.82, 2.24) is 10.1 Å². The molecular formula is C13H8ClFN2O3. The minimum Gasteiger partial charge on any atom is -0.484 e. The van der Waals surface area contributed by atoms with Gasteiger partial charge in [0.15, 0.2) is 12.4 Å². The molecule has 102 valence electrons. The zero-order valence-electron chi connectivity index (χ0n) is 10.0. The summed E-state index contributed by atoms with van der Waals surface area (Å²) in [7, 11) is 0. The molecule has 3 rings (SSSR count). The van der Waals surface area contributed by atoms with Crippen LogP contribution in [0.3, 0.4) is 0 Å².